The molecule has 2 atom stereocenters. The molecule has 2 unspecified atom stereocenters. The molecule has 0 aliphatic heterocycles. The zero-order valence-corrected chi connectivity index (χ0v) is 26.6. The zero-order valence-electron chi connectivity index (χ0n) is 10.7. The van der Waals surface area contributed by atoms with Crippen molar-refractivity contribution in [1.29, 1.82) is 0 Å². The Labute approximate surface area is 219 Å². The van der Waals surface area contributed by atoms with E-state index in [1.165, 1.54) is 0 Å². The lowest BCUT2D eigenvalue weighted by Gasteiger charge is -2.63. The van der Waals surface area contributed by atoms with Crippen LogP contribution in [-0.2, 0) is 0 Å². The van der Waals surface area contributed by atoms with Crippen LogP contribution in [0.2, 0.25) is 0 Å². The minimum Gasteiger partial charge on any atom is -0.367 e. The minimum atomic E-state index is -0.692. The van der Waals surface area contributed by atoms with E-state index in [0.29, 0.717) is 0 Å². The van der Waals surface area contributed by atoms with Gasteiger partial charge in [0.25, 0.3) is 0 Å². The van der Waals surface area contributed by atoms with E-state index in [2.05, 4.69) is 165 Å². The van der Waals surface area contributed by atoms with Crippen LogP contribution in [0.1, 0.15) is 0 Å². The lowest BCUT2D eigenvalue weighted by molar-refractivity contribution is 0.451. The van der Waals surface area contributed by atoms with Crippen molar-refractivity contribution in [2.75, 3.05) is 5.32 Å². The van der Waals surface area contributed by atoms with Gasteiger partial charge >= 0.3 is 0 Å². The van der Waals surface area contributed by atoms with Crippen molar-refractivity contribution in [3.05, 3.63) is 30.3 Å². The minimum absolute atomic E-state index is 0.150. The molecule has 0 heterocycles. The smallest absolute Gasteiger partial charge is 0.142 e. The van der Waals surface area contributed by atoms with E-state index in [1.807, 2.05) is 30.3 Å². The van der Waals surface area contributed by atoms with Crippen LogP contribution in [0.25, 0.3) is 0 Å². The fourth-order valence-corrected chi connectivity index (χ4v) is 13.1. The molecule has 1 aromatic carbocycles. The fraction of sp³-hybridized carbons (Fsp3) is 0.500. The summed E-state index contributed by atoms with van der Waals surface area (Å²) in [5.41, 5.74) is 0.973. The molecule has 1 fully saturated rings. The summed E-state index contributed by atoms with van der Waals surface area (Å²) in [6.07, 6.45) is 0. The van der Waals surface area contributed by atoms with Gasteiger partial charge in [-0.25, -0.2) is 0 Å². The highest BCUT2D eigenvalue weighted by Gasteiger charge is 2.79. The van der Waals surface area contributed by atoms with E-state index in [0.717, 1.165) is 5.69 Å². The van der Waals surface area contributed by atoms with E-state index in [4.69, 9.17) is 0 Å². The molecule has 1 nitrogen and oxygen atoms in total. The largest absolute Gasteiger partial charge is 0.367 e. The first kappa shape index (κ1) is 23.1. The quantitative estimate of drug-likeness (QED) is 0.231. The van der Waals surface area contributed by atoms with Crippen molar-refractivity contribution in [3.63, 3.8) is 0 Å². The highest BCUT2D eigenvalue weighted by molar-refractivity contribution is 9.35. The van der Waals surface area contributed by atoms with Gasteiger partial charge in [0.15, 0.2) is 0 Å². The maximum Gasteiger partial charge on any atom is 0.142 e. The molecule has 1 aliphatic rings. The van der Waals surface area contributed by atoms with Gasteiger partial charge in [-0.05, 0) is 12.1 Å². The molecule has 0 amide bonds. The van der Waals surface area contributed by atoms with Gasteiger partial charge < -0.3 is 5.32 Å². The predicted octanol–water partition coefficient (Wildman–Crippen LogP) is 8.91. The van der Waals surface area contributed by atoms with Crippen LogP contribution in [-0.4, -0.2) is 22.2 Å². The Morgan fingerprint density at radius 3 is 1.65 bits per heavy atom. The van der Waals surface area contributed by atoms with Crippen molar-refractivity contribution < 1.29 is 0 Å². The van der Waals surface area contributed by atoms with Crippen LogP contribution in [0.3, 0.4) is 0 Å². The van der Waals surface area contributed by atoms with Crippen molar-refractivity contribution >= 4 is 165 Å². The van der Waals surface area contributed by atoms with E-state index in [-0.39, 0.29) is 4.83 Å². The lowest BCUT2D eigenvalue weighted by atomic mass is 9.93. The number of para-hydroxylation sites is 1. The standard InChI is InChI=1S/C12H7Br10N/c13-7-8(14,15)10(17,18)12(21,22)11(19,20)9(7,16)23-6-4-2-1-3-5-6/h1-5,7,23H. The van der Waals surface area contributed by atoms with Gasteiger partial charge in [0.05, 0.1) is 4.83 Å². The average molecular weight is 964 g/mol. The lowest BCUT2D eigenvalue weighted by Crippen LogP contribution is -2.76. The molecule has 2 rings (SSSR count). The summed E-state index contributed by atoms with van der Waals surface area (Å²) >= 11 is 38.2. The summed E-state index contributed by atoms with van der Waals surface area (Å²) in [4.78, 5) is -0.150. The van der Waals surface area contributed by atoms with Crippen LogP contribution in [0, 0.1) is 0 Å². The number of halogens is 10. The molecule has 11 heteroatoms. The molecule has 1 aromatic rings. The van der Waals surface area contributed by atoms with E-state index in [9.17, 15) is 0 Å². The zero-order chi connectivity index (χ0) is 17.9. The summed E-state index contributed by atoms with van der Waals surface area (Å²) in [6, 6.07) is 9.97. The molecule has 0 saturated heterocycles. The van der Waals surface area contributed by atoms with Crippen molar-refractivity contribution in [3.8, 4) is 0 Å². The molecule has 0 spiro atoms. The number of hydrogen-bond acceptors (Lipinski definition) is 1. The highest BCUT2D eigenvalue weighted by Crippen LogP contribution is 2.77. The average Bonchev–Trinajstić information content (AvgIpc) is 2.45. The van der Waals surface area contributed by atoms with E-state index >= 15 is 0 Å². The Morgan fingerprint density at radius 1 is 0.696 bits per heavy atom. The van der Waals surface area contributed by atoms with Gasteiger partial charge in [-0.1, -0.05) is 177 Å². The first-order chi connectivity index (χ1) is 10.2. The molecule has 1 aliphatic carbocycles. The van der Waals surface area contributed by atoms with E-state index < -0.39 is 17.4 Å². The van der Waals surface area contributed by atoms with Gasteiger partial charge in [-0.3, -0.25) is 0 Å². The molecule has 1 saturated carbocycles. The first-order valence-corrected chi connectivity index (χ1v) is 14.0. The summed E-state index contributed by atoms with van der Waals surface area (Å²) in [5.74, 6) is 0. The van der Waals surface area contributed by atoms with Crippen molar-refractivity contribution in [2.24, 2.45) is 0 Å². The summed E-state index contributed by atoms with van der Waals surface area (Å²) in [7, 11) is 0. The Bertz CT molecular complexity index is 587. The Morgan fingerprint density at radius 2 is 1.17 bits per heavy atom. The Kier molecular flexibility index (Phi) is 7.61. The third-order valence-corrected chi connectivity index (χ3v) is 24.7. The molecular formula is C12H7Br10N. The number of benzene rings is 1. The maximum atomic E-state index is 3.91. The van der Waals surface area contributed by atoms with Crippen LogP contribution < -0.4 is 5.32 Å². The van der Waals surface area contributed by atoms with Gasteiger partial charge in [0.2, 0.25) is 0 Å². The normalized spacial score (nSPS) is 33.9. The van der Waals surface area contributed by atoms with Gasteiger partial charge in [0, 0.05) is 5.69 Å². The fourth-order valence-electron chi connectivity index (χ4n) is 2.08. The molecular weight excluding hydrogens is 957 g/mol. The van der Waals surface area contributed by atoms with Gasteiger partial charge in [-0.2, -0.15) is 0 Å². The van der Waals surface area contributed by atoms with Crippen molar-refractivity contribution in [2.45, 2.75) is 22.2 Å². The topological polar surface area (TPSA) is 12.0 Å². The van der Waals surface area contributed by atoms with Crippen LogP contribution >= 0.6 is 159 Å². The highest BCUT2D eigenvalue weighted by atomic mass is 79.9. The second kappa shape index (κ2) is 7.58. The summed E-state index contributed by atoms with van der Waals surface area (Å²) < 4.78 is -3.30. The first-order valence-electron chi connectivity index (χ1n) is 5.91. The summed E-state index contributed by atoms with van der Waals surface area (Å²) in [5, 5.41) is 3.56. The second-order valence-corrected chi connectivity index (χ2v) is 21.0. The number of hydrogen-bond donors (Lipinski definition) is 1. The predicted molar refractivity (Wildman–Crippen MR) is 137 cm³/mol. The molecule has 130 valence electrons. The van der Waals surface area contributed by atoms with Crippen LogP contribution in [0.5, 0.6) is 0 Å². The number of rotatable bonds is 2. The third-order valence-electron chi connectivity index (χ3n) is 3.43. The molecule has 0 aromatic heterocycles. The SMILES string of the molecule is BrC1C(Br)(Br)C(Br)(Br)C(Br)(Br)C(Br)(Br)C1(Br)Nc1ccccc1. The number of alkyl halides is 10. The van der Waals surface area contributed by atoms with Crippen LogP contribution in [0.15, 0.2) is 30.3 Å². The van der Waals surface area contributed by atoms with E-state index in [1.54, 1.807) is 0 Å². The molecule has 0 radical (unpaired) electrons. The van der Waals surface area contributed by atoms with Crippen LogP contribution in [0.4, 0.5) is 5.69 Å². The molecule has 1 N–H and O–H groups in total. The summed E-state index contributed by atoms with van der Waals surface area (Å²) in [6.45, 7) is 0. The maximum absolute atomic E-state index is 3.91. The monoisotopic (exact) mass is 954 g/mol. The number of nitrogens with one attached hydrogen (secondary N) is 1. The second-order valence-electron chi connectivity index (χ2n) is 4.91. The third kappa shape index (κ3) is 3.49. The Hall–Kier alpha value is 3.82. The van der Waals surface area contributed by atoms with Gasteiger partial charge in [0.1, 0.15) is 17.4 Å². The molecule has 0 bridgehead atoms. The number of anilines is 1. The van der Waals surface area contributed by atoms with Gasteiger partial charge in [-0.15, -0.1) is 0 Å². The Balaban J connectivity index is 2.62. The molecule has 23 heavy (non-hydrogen) atoms. The van der Waals surface area contributed by atoms with Crippen molar-refractivity contribution in [1.82, 2.24) is 0 Å².